The second-order valence-corrected chi connectivity index (χ2v) is 6.83. The number of benzene rings is 1. The molecule has 160 valence electrons. The molecule has 6 nitrogen and oxygen atoms in total. The van der Waals surface area contributed by atoms with Gasteiger partial charge in [0.2, 0.25) is 5.91 Å². The van der Waals surface area contributed by atoms with Crippen molar-refractivity contribution in [3.05, 3.63) is 63.3 Å². The second-order valence-electron chi connectivity index (χ2n) is 6.04. The first-order valence-corrected chi connectivity index (χ1v) is 9.01. The minimum Gasteiger partial charge on any atom is -0.306 e. The molecule has 0 aliphatic carbocycles. The summed E-state index contributed by atoms with van der Waals surface area (Å²) in [4.78, 5) is 12.2. The van der Waals surface area contributed by atoms with Gasteiger partial charge >= 0.3 is 0 Å². The Balaban J connectivity index is 1.73. The summed E-state index contributed by atoms with van der Waals surface area (Å²) >= 11 is 11.6. The van der Waals surface area contributed by atoms with Crippen LogP contribution in [0.5, 0.6) is 0 Å². The van der Waals surface area contributed by atoms with Crippen LogP contribution in [0.4, 0.5) is 27.8 Å². The average Bonchev–Trinajstić information content (AvgIpc) is 3.16. The maximum atomic E-state index is 13.2. The largest absolute Gasteiger partial charge is 0.306 e. The Bertz CT molecular complexity index is 1050. The van der Waals surface area contributed by atoms with E-state index in [0.29, 0.717) is 10.2 Å². The van der Waals surface area contributed by atoms with E-state index in [1.807, 2.05) is 0 Å². The van der Waals surface area contributed by atoms with Gasteiger partial charge in [0.25, 0.3) is 12.9 Å². The van der Waals surface area contributed by atoms with E-state index in [2.05, 4.69) is 15.5 Å². The number of halogens is 7. The summed E-state index contributed by atoms with van der Waals surface area (Å²) in [6, 6.07) is 5.62. The first kappa shape index (κ1) is 22.0. The Morgan fingerprint density at radius 2 is 1.73 bits per heavy atom. The second kappa shape index (κ2) is 9.00. The van der Waals surface area contributed by atoms with Crippen LogP contribution in [0.25, 0.3) is 0 Å². The Labute approximate surface area is 176 Å². The number of nitrogens with zero attached hydrogens (tertiary/aromatic N) is 4. The van der Waals surface area contributed by atoms with Gasteiger partial charge in [0, 0.05) is 6.20 Å². The molecule has 3 aromatic rings. The molecular formula is C17H12Cl2F5N5O. The van der Waals surface area contributed by atoms with Crippen LogP contribution in [0.2, 0.25) is 10.0 Å². The molecule has 3 rings (SSSR count). The van der Waals surface area contributed by atoms with Gasteiger partial charge < -0.3 is 5.32 Å². The van der Waals surface area contributed by atoms with E-state index in [4.69, 9.17) is 23.2 Å². The molecule has 0 bridgehead atoms. The van der Waals surface area contributed by atoms with Gasteiger partial charge in [-0.3, -0.25) is 14.2 Å². The van der Waals surface area contributed by atoms with Crippen molar-refractivity contribution in [1.82, 2.24) is 19.6 Å². The van der Waals surface area contributed by atoms with Crippen molar-refractivity contribution in [2.75, 3.05) is 5.32 Å². The molecule has 30 heavy (non-hydrogen) atoms. The van der Waals surface area contributed by atoms with E-state index in [1.54, 1.807) is 0 Å². The van der Waals surface area contributed by atoms with Gasteiger partial charge in [-0.1, -0.05) is 35.3 Å². The Morgan fingerprint density at radius 1 is 1.07 bits per heavy atom. The molecule has 0 radical (unpaired) electrons. The predicted octanol–water partition coefficient (Wildman–Crippen LogP) is 5.09. The Hall–Kier alpha value is -2.66. The van der Waals surface area contributed by atoms with Crippen molar-refractivity contribution in [3.63, 3.8) is 0 Å². The highest BCUT2D eigenvalue weighted by atomic mass is 35.5. The Morgan fingerprint density at radius 3 is 2.33 bits per heavy atom. The summed E-state index contributed by atoms with van der Waals surface area (Å²) in [6.07, 6.45) is -5.01. The quantitative estimate of drug-likeness (QED) is 0.492. The SMILES string of the molecule is O=C(Cn1nc(C(F)F)c(Cl)c1C(F)F)Nc1nn(Cc2ccc(F)cc2)cc1Cl. The maximum Gasteiger partial charge on any atom is 0.283 e. The number of anilines is 1. The maximum absolute atomic E-state index is 13.2. The molecule has 1 aromatic carbocycles. The summed E-state index contributed by atoms with van der Waals surface area (Å²) in [5.41, 5.74) is -1.32. The molecular weight excluding hydrogens is 456 g/mol. The van der Waals surface area contributed by atoms with Crippen LogP contribution in [-0.2, 0) is 17.9 Å². The van der Waals surface area contributed by atoms with Gasteiger partial charge in [0.1, 0.15) is 28.8 Å². The molecule has 0 saturated carbocycles. The van der Waals surface area contributed by atoms with Crippen molar-refractivity contribution < 1.29 is 26.7 Å². The van der Waals surface area contributed by atoms with Crippen molar-refractivity contribution in [3.8, 4) is 0 Å². The molecule has 1 amide bonds. The lowest BCUT2D eigenvalue weighted by Gasteiger charge is -2.07. The minimum absolute atomic E-state index is 0.0475. The van der Waals surface area contributed by atoms with Crippen molar-refractivity contribution in [1.29, 1.82) is 0 Å². The monoisotopic (exact) mass is 467 g/mol. The number of carbonyl (C=O) groups is 1. The molecule has 0 atom stereocenters. The summed E-state index contributed by atoms with van der Waals surface area (Å²) in [6.45, 7) is -0.592. The molecule has 2 heterocycles. The zero-order valence-corrected chi connectivity index (χ0v) is 16.3. The van der Waals surface area contributed by atoms with Gasteiger partial charge in [0.05, 0.1) is 11.6 Å². The van der Waals surface area contributed by atoms with E-state index < -0.39 is 47.5 Å². The summed E-state index contributed by atoms with van der Waals surface area (Å²) < 4.78 is 66.8. The fourth-order valence-corrected chi connectivity index (χ4v) is 3.09. The number of carbonyl (C=O) groups excluding carboxylic acids is 1. The fraction of sp³-hybridized carbons (Fsp3) is 0.235. The van der Waals surface area contributed by atoms with Crippen LogP contribution < -0.4 is 5.32 Å². The number of nitrogens with one attached hydrogen (secondary N) is 1. The Kier molecular flexibility index (Phi) is 6.61. The van der Waals surface area contributed by atoms with Gasteiger partial charge in [0.15, 0.2) is 5.82 Å². The average molecular weight is 468 g/mol. The highest BCUT2D eigenvalue weighted by molar-refractivity contribution is 6.33. The van der Waals surface area contributed by atoms with E-state index in [9.17, 15) is 26.7 Å². The predicted molar refractivity (Wildman–Crippen MR) is 98.5 cm³/mol. The summed E-state index contributed by atoms with van der Waals surface area (Å²) in [5, 5.41) is 8.81. The molecule has 0 spiro atoms. The number of amides is 1. The highest BCUT2D eigenvalue weighted by Crippen LogP contribution is 2.34. The van der Waals surface area contributed by atoms with Crippen molar-refractivity contribution in [2.45, 2.75) is 25.9 Å². The van der Waals surface area contributed by atoms with Gasteiger partial charge in [-0.05, 0) is 17.7 Å². The number of alkyl halides is 4. The topological polar surface area (TPSA) is 64.7 Å². The normalized spacial score (nSPS) is 11.5. The van der Waals surface area contributed by atoms with E-state index >= 15 is 0 Å². The smallest absolute Gasteiger partial charge is 0.283 e. The number of rotatable bonds is 7. The van der Waals surface area contributed by atoms with Crippen LogP contribution in [0.15, 0.2) is 30.5 Å². The number of aromatic nitrogens is 4. The zero-order valence-electron chi connectivity index (χ0n) is 14.8. The van der Waals surface area contributed by atoms with Gasteiger partial charge in [-0.25, -0.2) is 22.0 Å². The third kappa shape index (κ3) is 4.90. The lowest BCUT2D eigenvalue weighted by Crippen LogP contribution is -2.21. The molecule has 2 aromatic heterocycles. The van der Waals surface area contributed by atoms with Crippen LogP contribution in [0.3, 0.4) is 0 Å². The molecule has 0 aliphatic heterocycles. The van der Waals surface area contributed by atoms with Crippen LogP contribution in [0, 0.1) is 5.82 Å². The summed E-state index contributed by atoms with van der Waals surface area (Å²) in [7, 11) is 0. The molecule has 0 aliphatic rings. The van der Waals surface area contributed by atoms with Gasteiger partial charge in [-0.2, -0.15) is 10.2 Å². The first-order valence-electron chi connectivity index (χ1n) is 8.25. The fourth-order valence-electron chi connectivity index (χ4n) is 2.59. The molecule has 0 unspecified atom stereocenters. The van der Waals surface area contributed by atoms with Crippen LogP contribution in [-0.4, -0.2) is 25.5 Å². The minimum atomic E-state index is -3.22. The number of hydrogen-bond acceptors (Lipinski definition) is 3. The van der Waals surface area contributed by atoms with E-state index in [-0.39, 0.29) is 17.4 Å². The first-order chi connectivity index (χ1) is 14.2. The van der Waals surface area contributed by atoms with Crippen LogP contribution >= 0.6 is 23.2 Å². The zero-order chi connectivity index (χ0) is 22.0. The third-order valence-electron chi connectivity index (χ3n) is 3.90. The molecule has 0 saturated heterocycles. The summed E-state index contributed by atoms with van der Waals surface area (Å²) in [5.74, 6) is -1.36. The van der Waals surface area contributed by atoms with Gasteiger partial charge in [-0.15, -0.1) is 0 Å². The lowest BCUT2D eigenvalue weighted by molar-refractivity contribution is -0.117. The number of hydrogen-bond donors (Lipinski definition) is 1. The van der Waals surface area contributed by atoms with E-state index in [1.165, 1.54) is 35.1 Å². The molecule has 13 heteroatoms. The molecule has 0 fully saturated rings. The molecule has 1 N–H and O–H groups in total. The van der Waals surface area contributed by atoms with Crippen molar-refractivity contribution in [2.24, 2.45) is 0 Å². The highest BCUT2D eigenvalue weighted by Gasteiger charge is 2.28. The standard InChI is InChI=1S/C17H12Cl2F5N5O/c18-10-6-28(5-8-1-3-9(20)4-2-8)27-17(10)25-11(30)7-29-14(16(23)24)12(19)13(26-29)15(21)22/h1-4,6,15-16H,5,7H2,(H,25,27,30). The van der Waals surface area contributed by atoms with E-state index in [0.717, 1.165) is 0 Å². The third-order valence-corrected chi connectivity index (χ3v) is 4.56. The van der Waals surface area contributed by atoms with Crippen molar-refractivity contribution >= 4 is 34.9 Å². The van der Waals surface area contributed by atoms with Crippen LogP contribution in [0.1, 0.15) is 29.8 Å². The lowest BCUT2D eigenvalue weighted by atomic mass is 10.2.